The Morgan fingerprint density at radius 2 is 2.00 bits per heavy atom. The van der Waals surface area contributed by atoms with Crippen molar-refractivity contribution in [3.05, 3.63) is 0 Å². The number of amides is 2. The zero-order valence-electron chi connectivity index (χ0n) is 12.9. The Kier molecular flexibility index (Phi) is 6.14. The Labute approximate surface area is 123 Å². The molecular formula is C16H31N3O. The summed E-state index contributed by atoms with van der Waals surface area (Å²) in [4.78, 5) is 13.3. The number of carbonyl (C=O) groups excluding carboxylic acids is 1. The summed E-state index contributed by atoms with van der Waals surface area (Å²) in [6.07, 6.45) is 10.4. The van der Waals surface area contributed by atoms with E-state index < -0.39 is 0 Å². The van der Waals surface area contributed by atoms with Crippen molar-refractivity contribution >= 4 is 6.03 Å². The lowest BCUT2D eigenvalue weighted by Gasteiger charge is -2.38. The van der Waals surface area contributed by atoms with Crippen LogP contribution in [-0.4, -0.2) is 36.6 Å². The molecule has 0 aromatic rings. The van der Waals surface area contributed by atoms with Crippen LogP contribution in [0, 0.1) is 11.8 Å². The lowest BCUT2D eigenvalue weighted by atomic mass is 9.89. The Balaban J connectivity index is 1.80. The van der Waals surface area contributed by atoms with E-state index in [4.69, 9.17) is 5.73 Å². The van der Waals surface area contributed by atoms with Gasteiger partial charge in [-0.05, 0) is 44.1 Å². The lowest BCUT2D eigenvalue weighted by Crippen LogP contribution is -2.53. The molecule has 2 rings (SSSR count). The molecule has 1 saturated carbocycles. The average molecular weight is 281 g/mol. The number of carbonyl (C=O) groups is 1. The molecule has 116 valence electrons. The maximum Gasteiger partial charge on any atom is 0.314 e. The number of primary amides is 1. The van der Waals surface area contributed by atoms with Crippen LogP contribution in [0.4, 0.5) is 4.79 Å². The molecule has 3 N–H and O–H groups in total. The van der Waals surface area contributed by atoms with Gasteiger partial charge in [0.15, 0.2) is 0 Å². The normalized spacial score (nSPS) is 27.9. The number of nitrogens with zero attached hydrogens (tertiary/aromatic N) is 1. The van der Waals surface area contributed by atoms with Crippen LogP contribution >= 0.6 is 0 Å². The van der Waals surface area contributed by atoms with Crippen molar-refractivity contribution in [1.82, 2.24) is 10.2 Å². The average Bonchev–Trinajstić information content (AvgIpc) is 2.96. The molecule has 1 aliphatic heterocycles. The first-order valence-corrected chi connectivity index (χ1v) is 8.46. The van der Waals surface area contributed by atoms with Gasteiger partial charge in [0, 0.05) is 19.1 Å². The first-order chi connectivity index (χ1) is 9.69. The number of hydrogen-bond donors (Lipinski definition) is 2. The Morgan fingerprint density at radius 3 is 2.65 bits per heavy atom. The Morgan fingerprint density at radius 1 is 1.25 bits per heavy atom. The molecule has 20 heavy (non-hydrogen) atoms. The minimum absolute atomic E-state index is 0.251. The maximum atomic E-state index is 11.5. The quantitative estimate of drug-likeness (QED) is 0.786. The highest BCUT2D eigenvalue weighted by molar-refractivity contribution is 5.72. The summed E-state index contributed by atoms with van der Waals surface area (Å²) >= 11 is 0. The van der Waals surface area contributed by atoms with Gasteiger partial charge in [0.1, 0.15) is 0 Å². The van der Waals surface area contributed by atoms with Crippen LogP contribution in [0.1, 0.15) is 58.3 Å². The fraction of sp³-hybridized carbons (Fsp3) is 0.938. The molecule has 2 atom stereocenters. The van der Waals surface area contributed by atoms with Gasteiger partial charge < -0.3 is 16.0 Å². The van der Waals surface area contributed by atoms with Gasteiger partial charge in [-0.3, -0.25) is 0 Å². The molecule has 1 saturated heterocycles. The molecule has 0 aromatic carbocycles. The Hall–Kier alpha value is -0.770. The fourth-order valence-corrected chi connectivity index (χ4v) is 3.78. The van der Waals surface area contributed by atoms with Gasteiger partial charge in [-0.15, -0.1) is 0 Å². The predicted molar refractivity (Wildman–Crippen MR) is 82.5 cm³/mol. The highest BCUT2D eigenvalue weighted by atomic mass is 16.2. The largest absolute Gasteiger partial charge is 0.351 e. The third kappa shape index (κ3) is 4.65. The van der Waals surface area contributed by atoms with E-state index in [-0.39, 0.29) is 6.03 Å². The van der Waals surface area contributed by atoms with E-state index in [0.717, 1.165) is 25.6 Å². The second-order valence-electron chi connectivity index (χ2n) is 6.74. The van der Waals surface area contributed by atoms with Gasteiger partial charge in [-0.2, -0.15) is 0 Å². The standard InChI is InChI=1S/C16H31N3O/c1-2-3-6-14-9-15(12-19(11-14)16(17)20)18-10-13-7-4-5-8-13/h13-15,18H,2-12H2,1H3,(H2,17,20). The molecule has 1 aliphatic carbocycles. The number of urea groups is 1. The number of rotatable bonds is 6. The Bertz CT molecular complexity index is 302. The summed E-state index contributed by atoms with van der Waals surface area (Å²) in [6, 6.07) is 0.192. The van der Waals surface area contributed by atoms with Gasteiger partial charge in [0.2, 0.25) is 0 Å². The number of nitrogens with one attached hydrogen (secondary N) is 1. The minimum atomic E-state index is -0.251. The van der Waals surface area contributed by atoms with Crippen LogP contribution in [0.25, 0.3) is 0 Å². The van der Waals surface area contributed by atoms with Crippen LogP contribution in [0.2, 0.25) is 0 Å². The zero-order chi connectivity index (χ0) is 14.4. The predicted octanol–water partition coefficient (Wildman–Crippen LogP) is 2.73. The van der Waals surface area contributed by atoms with Crippen molar-refractivity contribution in [3.8, 4) is 0 Å². The van der Waals surface area contributed by atoms with E-state index in [1.165, 1.54) is 51.4 Å². The molecule has 2 fully saturated rings. The molecule has 0 spiro atoms. The second kappa shape index (κ2) is 7.87. The van der Waals surface area contributed by atoms with E-state index in [1.807, 2.05) is 4.90 Å². The van der Waals surface area contributed by atoms with Crippen LogP contribution < -0.4 is 11.1 Å². The maximum absolute atomic E-state index is 11.5. The number of likely N-dealkylation sites (tertiary alicyclic amines) is 1. The third-order valence-electron chi connectivity index (χ3n) is 4.98. The molecule has 2 unspecified atom stereocenters. The highest BCUT2D eigenvalue weighted by Gasteiger charge is 2.29. The van der Waals surface area contributed by atoms with Crippen molar-refractivity contribution < 1.29 is 4.79 Å². The second-order valence-corrected chi connectivity index (χ2v) is 6.74. The molecule has 0 aromatic heterocycles. The monoisotopic (exact) mass is 281 g/mol. The third-order valence-corrected chi connectivity index (χ3v) is 4.98. The molecule has 4 heteroatoms. The molecule has 1 heterocycles. The summed E-state index contributed by atoms with van der Waals surface area (Å²) in [5, 5.41) is 3.71. The first kappa shape index (κ1) is 15.6. The number of piperidine rings is 1. The zero-order valence-corrected chi connectivity index (χ0v) is 12.9. The van der Waals surface area contributed by atoms with Gasteiger partial charge >= 0.3 is 6.03 Å². The van der Waals surface area contributed by atoms with E-state index in [1.54, 1.807) is 0 Å². The molecule has 4 nitrogen and oxygen atoms in total. The van der Waals surface area contributed by atoms with Crippen molar-refractivity contribution in [2.75, 3.05) is 19.6 Å². The summed E-state index contributed by atoms with van der Waals surface area (Å²) < 4.78 is 0. The molecule has 0 bridgehead atoms. The SMILES string of the molecule is CCCCC1CC(NCC2CCCC2)CN(C(N)=O)C1. The van der Waals surface area contributed by atoms with E-state index in [2.05, 4.69) is 12.2 Å². The fourth-order valence-electron chi connectivity index (χ4n) is 3.78. The number of nitrogens with two attached hydrogens (primary N) is 1. The van der Waals surface area contributed by atoms with Crippen molar-refractivity contribution in [2.24, 2.45) is 17.6 Å². The smallest absolute Gasteiger partial charge is 0.314 e. The lowest BCUT2D eigenvalue weighted by molar-refractivity contribution is 0.146. The molecule has 0 radical (unpaired) electrons. The van der Waals surface area contributed by atoms with Crippen molar-refractivity contribution in [2.45, 2.75) is 64.3 Å². The van der Waals surface area contributed by atoms with Crippen molar-refractivity contribution in [3.63, 3.8) is 0 Å². The van der Waals surface area contributed by atoms with Gasteiger partial charge in [0.05, 0.1) is 0 Å². The van der Waals surface area contributed by atoms with E-state index in [9.17, 15) is 4.79 Å². The summed E-state index contributed by atoms with van der Waals surface area (Å²) in [5.74, 6) is 1.48. The topological polar surface area (TPSA) is 58.4 Å². The van der Waals surface area contributed by atoms with E-state index >= 15 is 0 Å². The summed E-state index contributed by atoms with van der Waals surface area (Å²) in [7, 11) is 0. The molecular weight excluding hydrogens is 250 g/mol. The van der Waals surface area contributed by atoms with E-state index in [0.29, 0.717) is 12.0 Å². The summed E-state index contributed by atoms with van der Waals surface area (Å²) in [5.41, 5.74) is 5.50. The van der Waals surface area contributed by atoms with Crippen molar-refractivity contribution in [1.29, 1.82) is 0 Å². The van der Waals surface area contributed by atoms with Crippen LogP contribution in [-0.2, 0) is 0 Å². The highest BCUT2D eigenvalue weighted by Crippen LogP contribution is 2.25. The number of unbranched alkanes of at least 4 members (excludes halogenated alkanes) is 1. The van der Waals surface area contributed by atoms with Gasteiger partial charge in [0.25, 0.3) is 0 Å². The molecule has 2 aliphatic rings. The van der Waals surface area contributed by atoms with Crippen LogP contribution in [0.5, 0.6) is 0 Å². The number of hydrogen-bond acceptors (Lipinski definition) is 2. The van der Waals surface area contributed by atoms with Gasteiger partial charge in [-0.1, -0.05) is 32.6 Å². The van der Waals surface area contributed by atoms with Gasteiger partial charge in [-0.25, -0.2) is 4.79 Å². The summed E-state index contributed by atoms with van der Waals surface area (Å²) in [6.45, 7) is 5.00. The molecule has 2 amide bonds. The van der Waals surface area contributed by atoms with Crippen LogP contribution in [0.3, 0.4) is 0 Å². The van der Waals surface area contributed by atoms with Crippen LogP contribution in [0.15, 0.2) is 0 Å². The first-order valence-electron chi connectivity index (χ1n) is 8.46. The minimum Gasteiger partial charge on any atom is -0.351 e.